The Balaban J connectivity index is 1.29. The molecule has 8 nitrogen and oxygen atoms in total. The Morgan fingerprint density at radius 3 is 2.39 bits per heavy atom. The van der Waals surface area contributed by atoms with Gasteiger partial charge in [0.05, 0.1) is 13.2 Å². The summed E-state index contributed by atoms with van der Waals surface area (Å²) in [6.45, 7) is 4.24. The summed E-state index contributed by atoms with van der Waals surface area (Å²) in [5, 5.41) is 9.31. The molecule has 0 heterocycles. The molecule has 0 saturated carbocycles. The van der Waals surface area contributed by atoms with Gasteiger partial charge in [0.1, 0.15) is 18.1 Å². The lowest BCUT2D eigenvalue weighted by Gasteiger charge is -2.22. The van der Waals surface area contributed by atoms with Crippen molar-refractivity contribution in [3.05, 3.63) is 95.1 Å². The van der Waals surface area contributed by atoms with Crippen LogP contribution in [0.4, 0.5) is 4.79 Å². The summed E-state index contributed by atoms with van der Waals surface area (Å²) < 4.78 is 22.8. The molecular formula is C33H39NO7. The SMILES string of the molecule is CCOC(Cc1ccc(OCCN(CCCOCc2ccccc2)C(=O)Oc2ccc3c(c2)CCC3)cc1)C(=O)O. The van der Waals surface area contributed by atoms with Crippen molar-refractivity contribution in [2.75, 3.05) is 32.9 Å². The third-order valence-corrected chi connectivity index (χ3v) is 6.98. The lowest BCUT2D eigenvalue weighted by atomic mass is 10.1. The van der Waals surface area contributed by atoms with Crippen molar-refractivity contribution in [2.45, 2.75) is 51.7 Å². The molecule has 0 aromatic heterocycles. The highest BCUT2D eigenvalue weighted by atomic mass is 16.6. The number of fused-ring (bicyclic) bond motifs is 1. The molecule has 0 bridgehead atoms. The van der Waals surface area contributed by atoms with E-state index in [2.05, 4.69) is 0 Å². The molecular weight excluding hydrogens is 522 g/mol. The van der Waals surface area contributed by atoms with Crippen LogP contribution in [0.3, 0.4) is 0 Å². The topological polar surface area (TPSA) is 94.5 Å². The zero-order valence-electron chi connectivity index (χ0n) is 23.6. The number of aliphatic carboxylic acids is 1. The number of carboxylic acid groups (broad SMARTS) is 1. The van der Waals surface area contributed by atoms with Gasteiger partial charge >= 0.3 is 12.1 Å². The van der Waals surface area contributed by atoms with Crippen molar-refractivity contribution in [1.29, 1.82) is 0 Å². The Hall–Kier alpha value is -3.88. The van der Waals surface area contributed by atoms with Gasteiger partial charge in [0.25, 0.3) is 0 Å². The fraction of sp³-hybridized carbons (Fsp3) is 0.394. The largest absolute Gasteiger partial charge is 0.492 e. The van der Waals surface area contributed by atoms with Crippen LogP contribution >= 0.6 is 0 Å². The van der Waals surface area contributed by atoms with Crippen molar-refractivity contribution in [1.82, 2.24) is 4.90 Å². The van der Waals surface area contributed by atoms with Gasteiger partial charge < -0.3 is 29.0 Å². The quantitative estimate of drug-likeness (QED) is 0.224. The van der Waals surface area contributed by atoms with Crippen LogP contribution in [0.15, 0.2) is 72.8 Å². The Kier molecular flexibility index (Phi) is 11.6. The molecule has 4 rings (SSSR count). The molecule has 0 radical (unpaired) electrons. The molecule has 0 fully saturated rings. The molecule has 1 N–H and O–H groups in total. The molecule has 0 aliphatic heterocycles. The summed E-state index contributed by atoms with van der Waals surface area (Å²) in [5.41, 5.74) is 4.52. The maximum atomic E-state index is 13.1. The van der Waals surface area contributed by atoms with Gasteiger partial charge in [-0.1, -0.05) is 48.5 Å². The fourth-order valence-electron chi connectivity index (χ4n) is 4.82. The Labute approximate surface area is 241 Å². The number of hydrogen-bond acceptors (Lipinski definition) is 6. The fourth-order valence-corrected chi connectivity index (χ4v) is 4.82. The Morgan fingerprint density at radius 1 is 0.878 bits per heavy atom. The first-order valence-corrected chi connectivity index (χ1v) is 14.3. The lowest BCUT2D eigenvalue weighted by Crippen LogP contribution is -2.38. The van der Waals surface area contributed by atoms with Gasteiger partial charge in [-0.3, -0.25) is 0 Å². The van der Waals surface area contributed by atoms with Gasteiger partial charge in [0.2, 0.25) is 0 Å². The van der Waals surface area contributed by atoms with Crippen LogP contribution in [0.5, 0.6) is 11.5 Å². The molecule has 8 heteroatoms. The molecule has 0 saturated heterocycles. The van der Waals surface area contributed by atoms with Crippen LogP contribution < -0.4 is 9.47 Å². The minimum atomic E-state index is -0.982. The molecule has 1 aliphatic carbocycles. The number of benzene rings is 3. The highest BCUT2D eigenvalue weighted by Gasteiger charge is 2.19. The average molecular weight is 562 g/mol. The van der Waals surface area contributed by atoms with Gasteiger partial charge in [-0.2, -0.15) is 0 Å². The number of ether oxygens (including phenoxy) is 4. The van der Waals surface area contributed by atoms with Crippen molar-refractivity contribution >= 4 is 12.1 Å². The van der Waals surface area contributed by atoms with Crippen LogP contribution in [-0.4, -0.2) is 61.1 Å². The van der Waals surface area contributed by atoms with Gasteiger partial charge in [-0.15, -0.1) is 0 Å². The number of rotatable bonds is 16. The van der Waals surface area contributed by atoms with E-state index < -0.39 is 18.2 Å². The minimum absolute atomic E-state index is 0.276. The average Bonchev–Trinajstić information content (AvgIpc) is 3.45. The molecule has 1 aliphatic rings. The van der Waals surface area contributed by atoms with Gasteiger partial charge in [0.15, 0.2) is 6.10 Å². The molecule has 1 atom stereocenters. The maximum absolute atomic E-state index is 13.1. The van der Waals surface area contributed by atoms with E-state index in [4.69, 9.17) is 18.9 Å². The van der Waals surface area contributed by atoms with Crippen LogP contribution in [0, 0.1) is 0 Å². The van der Waals surface area contributed by atoms with Crippen LogP contribution in [0.1, 0.15) is 42.0 Å². The van der Waals surface area contributed by atoms with E-state index in [9.17, 15) is 14.7 Å². The number of aryl methyl sites for hydroxylation is 2. The third-order valence-electron chi connectivity index (χ3n) is 6.98. The predicted molar refractivity (Wildman–Crippen MR) is 155 cm³/mol. The van der Waals surface area contributed by atoms with Crippen molar-refractivity contribution in [3.63, 3.8) is 0 Å². The zero-order chi connectivity index (χ0) is 28.9. The highest BCUT2D eigenvalue weighted by molar-refractivity contribution is 5.72. The summed E-state index contributed by atoms with van der Waals surface area (Å²) in [7, 11) is 0. The molecule has 41 heavy (non-hydrogen) atoms. The minimum Gasteiger partial charge on any atom is -0.492 e. The number of amides is 1. The van der Waals surface area contributed by atoms with Gasteiger partial charge in [-0.05, 0) is 79.1 Å². The summed E-state index contributed by atoms with van der Waals surface area (Å²) in [6, 6.07) is 23.1. The second kappa shape index (κ2) is 15.8. The molecule has 218 valence electrons. The van der Waals surface area contributed by atoms with Crippen LogP contribution in [0.2, 0.25) is 0 Å². The number of carbonyl (C=O) groups excluding carboxylic acids is 1. The molecule has 1 unspecified atom stereocenters. The predicted octanol–water partition coefficient (Wildman–Crippen LogP) is 5.69. The van der Waals surface area contributed by atoms with E-state index in [1.807, 2.05) is 60.7 Å². The van der Waals surface area contributed by atoms with E-state index in [0.29, 0.717) is 50.8 Å². The summed E-state index contributed by atoms with van der Waals surface area (Å²) >= 11 is 0. The summed E-state index contributed by atoms with van der Waals surface area (Å²) in [5.74, 6) is 0.212. The number of hydrogen-bond donors (Lipinski definition) is 1. The second-order valence-electron chi connectivity index (χ2n) is 10.0. The molecule has 3 aromatic rings. The van der Waals surface area contributed by atoms with E-state index >= 15 is 0 Å². The van der Waals surface area contributed by atoms with Gasteiger partial charge in [-0.25, -0.2) is 9.59 Å². The van der Waals surface area contributed by atoms with E-state index in [-0.39, 0.29) is 13.0 Å². The van der Waals surface area contributed by atoms with Gasteiger partial charge in [0, 0.05) is 26.2 Å². The van der Waals surface area contributed by atoms with Crippen LogP contribution in [0.25, 0.3) is 0 Å². The van der Waals surface area contributed by atoms with Crippen molar-refractivity contribution in [2.24, 2.45) is 0 Å². The molecule has 1 amide bonds. The molecule has 3 aromatic carbocycles. The first-order valence-electron chi connectivity index (χ1n) is 14.3. The first kappa shape index (κ1) is 30.1. The van der Waals surface area contributed by atoms with E-state index in [1.54, 1.807) is 24.0 Å². The van der Waals surface area contributed by atoms with Crippen molar-refractivity contribution < 1.29 is 33.6 Å². The summed E-state index contributed by atoms with van der Waals surface area (Å²) in [4.78, 5) is 26.2. The smallest absolute Gasteiger partial charge is 0.415 e. The standard InChI is InChI=1S/C33H39NO7/c1-2-39-31(32(35)36)22-25-12-15-29(16-13-25)40-21-19-34(18-7-20-38-24-26-8-4-3-5-9-26)33(37)41-30-17-14-27-10-6-11-28(27)23-30/h3-5,8-9,12-17,23,31H,2,6-7,10-11,18-22,24H2,1H3,(H,35,36). The lowest BCUT2D eigenvalue weighted by molar-refractivity contribution is -0.149. The number of nitrogens with zero attached hydrogens (tertiary/aromatic N) is 1. The Morgan fingerprint density at radius 2 is 1.63 bits per heavy atom. The highest BCUT2D eigenvalue weighted by Crippen LogP contribution is 2.26. The zero-order valence-corrected chi connectivity index (χ0v) is 23.6. The summed E-state index contributed by atoms with van der Waals surface area (Å²) in [6.07, 6.45) is 2.85. The van der Waals surface area contributed by atoms with Crippen molar-refractivity contribution in [3.8, 4) is 11.5 Å². The van der Waals surface area contributed by atoms with Crippen LogP contribution in [-0.2, 0) is 40.1 Å². The van der Waals surface area contributed by atoms with E-state index in [0.717, 1.165) is 30.4 Å². The normalized spacial score (nSPS) is 12.9. The Bertz CT molecular complexity index is 1250. The monoisotopic (exact) mass is 561 g/mol. The van der Waals surface area contributed by atoms with E-state index in [1.165, 1.54) is 11.1 Å². The number of carbonyl (C=O) groups is 2. The second-order valence-corrected chi connectivity index (χ2v) is 10.0. The first-order chi connectivity index (χ1) is 20.0. The number of carboxylic acids is 1. The maximum Gasteiger partial charge on any atom is 0.415 e. The third kappa shape index (κ3) is 9.62. The molecule has 0 spiro atoms.